The summed E-state index contributed by atoms with van der Waals surface area (Å²) in [6.07, 6.45) is 16.5. The summed E-state index contributed by atoms with van der Waals surface area (Å²) in [6.45, 7) is 3.36. The molecule has 0 saturated carbocycles. The van der Waals surface area contributed by atoms with Crippen LogP contribution >= 0.6 is 0 Å². The van der Waals surface area contributed by atoms with Crippen molar-refractivity contribution in [2.75, 3.05) is 13.2 Å². The Balaban J connectivity index is 2.17. The van der Waals surface area contributed by atoms with Gasteiger partial charge in [0.25, 0.3) is 0 Å². The maximum absolute atomic E-state index is 8.22. The van der Waals surface area contributed by atoms with E-state index in [1.54, 1.807) is 12.4 Å². The van der Waals surface area contributed by atoms with Gasteiger partial charge in [-0.2, -0.15) is 0 Å². The molecule has 1 aromatic heterocycles. The van der Waals surface area contributed by atoms with Crippen LogP contribution in [0.3, 0.4) is 0 Å². The zero-order chi connectivity index (χ0) is 17.3. The smallest absolute Gasteiger partial charge is 0.235 e. The Morgan fingerprint density at radius 1 is 0.958 bits per heavy atom. The summed E-state index contributed by atoms with van der Waals surface area (Å²) >= 11 is 0. The lowest BCUT2D eigenvalue weighted by Crippen LogP contribution is -2.04. The number of azide groups is 1. The predicted molar refractivity (Wildman–Crippen MR) is 97.1 cm³/mol. The van der Waals surface area contributed by atoms with Gasteiger partial charge in [-0.05, 0) is 31.2 Å². The van der Waals surface area contributed by atoms with Gasteiger partial charge in [0.1, 0.15) is 5.69 Å². The van der Waals surface area contributed by atoms with Crippen LogP contribution in [0.2, 0.25) is 0 Å². The van der Waals surface area contributed by atoms with Gasteiger partial charge in [-0.15, -0.1) is 0 Å². The van der Waals surface area contributed by atoms with Crippen molar-refractivity contribution in [3.63, 3.8) is 0 Å². The van der Waals surface area contributed by atoms with Gasteiger partial charge < -0.3 is 4.74 Å². The van der Waals surface area contributed by atoms with E-state index in [0.29, 0.717) is 19.0 Å². The number of hydrogen-bond acceptors (Lipinski definition) is 4. The van der Waals surface area contributed by atoms with Crippen molar-refractivity contribution in [2.24, 2.45) is 5.11 Å². The fourth-order valence-electron chi connectivity index (χ4n) is 2.57. The van der Waals surface area contributed by atoms with Crippen molar-refractivity contribution in [3.8, 4) is 5.88 Å². The average molecular weight is 333 g/mol. The Labute approximate surface area is 145 Å². The van der Waals surface area contributed by atoms with Crippen LogP contribution in [0.25, 0.3) is 10.4 Å². The molecule has 1 heterocycles. The molecule has 0 aliphatic carbocycles. The van der Waals surface area contributed by atoms with Crippen LogP contribution in [0.4, 0.5) is 0 Å². The molecular formula is C18H31N5O. The maximum Gasteiger partial charge on any atom is 0.235 e. The van der Waals surface area contributed by atoms with Crippen LogP contribution in [0.15, 0.2) is 17.5 Å². The van der Waals surface area contributed by atoms with Gasteiger partial charge in [-0.1, -0.05) is 57.0 Å². The molecule has 1 rings (SSSR count). The van der Waals surface area contributed by atoms with E-state index in [9.17, 15) is 0 Å². The third-order valence-electron chi connectivity index (χ3n) is 3.96. The van der Waals surface area contributed by atoms with Crippen LogP contribution < -0.4 is 4.74 Å². The molecule has 6 heteroatoms. The first-order valence-electron chi connectivity index (χ1n) is 9.32. The first kappa shape index (κ1) is 20.2. The lowest BCUT2D eigenvalue weighted by Gasteiger charge is -2.09. The SMILES string of the molecule is CCCCCCCCCCc1nccnc1OCCCCN=[N+]=[N-]. The van der Waals surface area contributed by atoms with Gasteiger partial charge in [0.15, 0.2) is 0 Å². The van der Waals surface area contributed by atoms with E-state index in [0.717, 1.165) is 31.4 Å². The van der Waals surface area contributed by atoms with Gasteiger partial charge in [0.2, 0.25) is 5.88 Å². The Bertz CT molecular complexity index is 474. The largest absolute Gasteiger partial charge is 0.476 e. The number of nitrogens with zero attached hydrogens (tertiary/aromatic N) is 5. The molecule has 0 aliphatic heterocycles. The Morgan fingerprint density at radius 3 is 2.42 bits per heavy atom. The second-order valence-electron chi connectivity index (χ2n) is 6.04. The third-order valence-corrected chi connectivity index (χ3v) is 3.96. The topological polar surface area (TPSA) is 83.8 Å². The Morgan fingerprint density at radius 2 is 1.67 bits per heavy atom. The van der Waals surface area contributed by atoms with Crippen molar-refractivity contribution in [3.05, 3.63) is 28.5 Å². The lowest BCUT2D eigenvalue weighted by atomic mass is 10.1. The summed E-state index contributed by atoms with van der Waals surface area (Å²) in [6, 6.07) is 0. The molecule has 0 aliphatic rings. The summed E-state index contributed by atoms with van der Waals surface area (Å²) < 4.78 is 5.73. The molecule has 1 aromatic rings. The predicted octanol–water partition coefficient (Wildman–Crippen LogP) is 5.63. The second-order valence-corrected chi connectivity index (χ2v) is 6.04. The minimum Gasteiger partial charge on any atom is -0.476 e. The zero-order valence-corrected chi connectivity index (χ0v) is 15.0. The summed E-state index contributed by atoms with van der Waals surface area (Å²) in [4.78, 5) is 11.4. The molecule has 0 aromatic carbocycles. The molecule has 0 spiro atoms. The monoisotopic (exact) mass is 333 g/mol. The van der Waals surface area contributed by atoms with E-state index in [4.69, 9.17) is 10.3 Å². The number of hydrogen-bond donors (Lipinski definition) is 0. The van der Waals surface area contributed by atoms with E-state index in [-0.39, 0.29) is 0 Å². The van der Waals surface area contributed by atoms with Crippen molar-refractivity contribution >= 4 is 0 Å². The summed E-state index contributed by atoms with van der Waals surface area (Å²) in [5.74, 6) is 0.657. The molecule has 0 fully saturated rings. The minimum atomic E-state index is 0.519. The first-order valence-corrected chi connectivity index (χ1v) is 9.32. The minimum absolute atomic E-state index is 0.519. The van der Waals surface area contributed by atoms with E-state index in [2.05, 4.69) is 26.9 Å². The number of aryl methyl sites for hydroxylation is 1. The van der Waals surface area contributed by atoms with Crippen molar-refractivity contribution in [1.82, 2.24) is 9.97 Å². The molecule has 0 saturated heterocycles. The highest BCUT2D eigenvalue weighted by Gasteiger charge is 2.06. The van der Waals surface area contributed by atoms with Gasteiger partial charge in [-0.3, -0.25) is 4.98 Å². The standard InChI is InChI=1S/C18H31N5O/c1-2-3-4-5-6-7-8-9-12-17-18(21-15-14-20-17)24-16-11-10-13-22-23-19/h14-15H,2-13,16H2,1H3. The summed E-state index contributed by atoms with van der Waals surface area (Å²) in [5.41, 5.74) is 9.18. The average Bonchev–Trinajstić information content (AvgIpc) is 2.61. The normalized spacial score (nSPS) is 10.4. The molecule has 0 N–H and O–H groups in total. The number of rotatable bonds is 15. The van der Waals surface area contributed by atoms with Gasteiger partial charge in [0.05, 0.1) is 6.61 Å². The van der Waals surface area contributed by atoms with E-state index in [1.807, 2.05) is 0 Å². The number of unbranched alkanes of at least 4 members (excludes halogenated alkanes) is 8. The molecule has 0 amide bonds. The highest BCUT2D eigenvalue weighted by molar-refractivity contribution is 5.17. The van der Waals surface area contributed by atoms with Gasteiger partial charge in [-0.25, -0.2) is 4.98 Å². The fourth-order valence-corrected chi connectivity index (χ4v) is 2.57. The molecule has 0 bridgehead atoms. The fraction of sp³-hybridized carbons (Fsp3) is 0.778. The molecule has 6 nitrogen and oxygen atoms in total. The molecule has 134 valence electrons. The van der Waals surface area contributed by atoms with E-state index in [1.165, 1.54) is 44.9 Å². The van der Waals surface area contributed by atoms with Crippen molar-refractivity contribution < 1.29 is 4.74 Å². The second kappa shape index (κ2) is 14.8. The Hall–Kier alpha value is -1.81. The van der Waals surface area contributed by atoms with Gasteiger partial charge in [0, 0.05) is 23.9 Å². The molecule has 0 radical (unpaired) electrons. The summed E-state index contributed by atoms with van der Waals surface area (Å²) in [5, 5.41) is 3.51. The first-order chi connectivity index (χ1) is 11.9. The van der Waals surface area contributed by atoms with E-state index >= 15 is 0 Å². The molecule has 0 unspecified atom stereocenters. The zero-order valence-electron chi connectivity index (χ0n) is 15.0. The summed E-state index contributed by atoms with van der Waals surface area (Å²) in [7, 11) is 0. The highest BCUT2D eigenvalue weighted by atomic mass is 16.5. The molecule has 24 heavy (non-hydrogen) atoms. The van der Waals surface area contributed by atoms with Crippen molar-refractivity contribution in [2.45, 2.75) is 77.6 Å². The van der Waals surface area contributed by atoms with Crippen LogP contribution in [0.1, 0.15) is 76.8 Å². The van der Waals surface area contributed by atoms with Crippen LogP contribution in [-0.4, -0.2) is 23.1 Å². The lowest BCUT2D eigenvalue weighted by molar-refractivity contribution is 0.291. The quantitative estimate of drug-likeness (QED) is 0.180. The van der Waals surface area contributed by atoms with Crippen LogP contribution in [-0.2, 0) is 6.42 Å². The third kappa shape index (κ3) is 10.1. The van der Waals surface area contributed by atoms with Crippen LogP contribution in [0.5, 0.6) is 5.88 Å². The van der Waals surface area contributed by atoms with Crippen LogP contribution in [0, 0.1) is 0 Å². The van der Waals surface area contributed by atoms with Crippen molar-refractivity contribution in [1.29, 1.82) is 0 Å². The number of ether oxygens (including phenoxy) is 1. The number of aromatic nitrogens is 2. The molecule has 0 atom stereocenters. The van der Waals surface area contributed by atoms with E-state index < -0.39 is 0 Å². The molecular weight excluding hydrogens is 302 g/mol. The maximum atomic E-state index is 8.22. The Kier molecular flexibility index (Phi) is 12.4. The van der Waals surface area contributed by atoms with Gasteiger partial charge >= 0.3 is 0 Å². The highest BCUT2D eigenvalue weighted by Crippen LogP contribution is 2.16.